The van der Waals surface area contributed by atoms with Crippen molar-refractivity contribution in [3.8, 4) is 11.1 Å². The molecule has 10 nitrogen and oxygen atoms in total. The number of ether oxygens (including phenoxy) is 2. The zero-order chi connectivity index (χ0) is 31.4. The number of carbonyl (C=O) groups excluding carboxylic acids is 2. The molecule has 5 rings (SSSR count). The second kappa shape index (κ2) is 10.7. The lowest BCUT2D eigenvalue weighted by atomic mass is 10.0. The summed E-state index contributed by atoms with van der Waals surface area (Å²) < 4.78 is 42.6. The summed E-state index contributed by atoms with van der Waals surface area (Å²) in [5.41, 5.74) is 1.07. The molecule has 0 saturated carbocycles. The van der Waals surface area contributed by atoms with Crippen LogP contribution in [0.15, 0.2) is 47.5 Å². The molecule has 0 aliphatic rings. The highest BCUT2D eigenvalue weighted by Gasteiger charge is 2.28. The molecule has 0 aliphatic carbocycles. The predicted octanol–water partition coefficient (Wildman–Crippen LogP) is 5.89. The van der Waals surface area contributed by atoms with E-state index in [0.29, 0.717) is 22.3 Å². The fraction of sp³-hybridized carbons (Fsp3) is 0.290. The van der Waals surface area contributed by atoms with E-state index in [-0.39, 0.29) is 39.8 Å². The van der Waals surface area contributed by atoms with Crippen molar-refractivity contribution in [2.24, 2.45) is 0 Å². The fourth-order valence-corrected chi connectivity index (χ4v) is 5.01. The average molecular weight is 592 g/mol. The molecule has 0 atom stereocenters. The fourth-order valence-electron chi connectivity index (χ4n) is 5.01. The summed E-state index contributed by atoms with van der Waals surface area (Å²) in [6.45, 7) is 6.88. The monoisotopic (exact) mass is 591 g/mol. The van der Waals surface area contributed by atoms with Gasteiger partial charge >= 0.3 is 12.1 Å². The third-order valence-electron chi connectivity index (χ3n) is 6.88. The first-order chi connectivity index (χ1) is 20.2. The molecule has 1 N–H and O–H groups in total. The van der Waals surface area contributed by atoms with Crippen LogP contribution in [0.2, 0.25) is 0 Å². The molecule has 0 bridgehead atoms. The molecule has 0 fully saturated rings. The van der Waals surface area contributed by atoms with Gasteiger partial charge in [0.2, 0.25) is 0 Å². The molecule has 0 saturated heterocycles. The molecule has 1 aromatic carbocycles. The largest absolute Gasteiger partial charge is 0.462 e. The zero-order valence-electron chi connectivity index (χ0n) is 24.8. The van der Waals surface area contributed by atoms with Gasteiger partial charge in [-0.15, -0.1) is 0 Å². The third-order valence-corrected chi connectivity index (χ3v) is 6.88. The Hall–Kier alpha value is -5.00. The van der Waals surface area contributed by atoms with Gasteiger partial charge in [0.1, 0.15) is 16.8 Å². The number of aromatic amines is 1. The number of nitrogens with zero attached hydrogens (tertiary/aromatic N) is 4. The highest BCUT2D eigenvalue weighted by Crippen LogP contribution is 2.43. The van der Waals surface area contributed by atoms with Crippen molar-refractivity contribution in [1.29, 1.82) is 0 Å². The molecule has 4 heterocycles. The van der Waals surface area contributed by atoms with Gasteiger partial charge in [-0.3, -0.25) is 14.1 Å². The van der Waals surface area contributed by atoms with E-state index in [1.165, 1.54) is 17.5 Å². The number of anilines is 2. The number of hydrogen-bond donors (Lipinski definition) is 1. The van der Waals surface area contributed by atoms with Crippen LogP contribution >= 0.6 is 0 Å². The van der Waals surface area contributed by atoms with Crippen molar-refractivity contribution in [3.63, 3.8) is 0 Å². The second-order valence-electron chi connectivity index (χ2n) is 11.2. The van der Waals surface area contributed by atoms with Crippen molar-refractivity contribution < 1.29 is 27.8 Å². The topological polar surface area (TPSA) is 109 Å². The number of pyridine rings is 3. The molecule has 12 heteroatoms. The molecule has 224 valence electrons. The van der Waals surface area contributed by atoms with E-state index >= 15 is 8.78 Å². The molecule has 5 aromatic rings. The lowest BCUT2D eigenvalue weighted by molar-refractivity contribution is 0.0522. The van der Waals surface area contributed by atoms with E-state index in [9.17, 15) is 14.4 Å². The van der Waals surface area contributed by atoms with Crippen LogP contribution < -0.4 is 15.4 Å². The summed E-state index contributed by atoms with van der Waals surface area (Å²) in [6.07, 6.45) is 2.37. The quantitative estimate of drug-likeness (QED) is 0.254. The number of amides is 1. The average Bonchev–Trinajstić information content (AvgIpc) is 3.33. The molecular formula is C31H31F2N5O5. The zero-order valence-corrected chi connectivity index (χ0v) is 24.8. The summed E-state index contributed by atoms with van der Waals surface area (Å²) in [5.74, 6) is -3.00. The smallest absolute Gasteiger partial charge is 0.414 e. The number of nitrogens with one attached hydrogen (secondary N) is 1. The van der Waals surface area contributed by atoms with E-state index in [1.807, 2.05) is 0 Å². The Morgan fingerprint density at radius 2 is 1.77 bits per heavy atom. The van der Waals surface area contributed by atoms with Gasteiger partial charge < -0.3 is 19.4 Å². The summed E-state index contributed by atoms with van der Waals surface area (Å²) >= 11 is 0. The standard InChI is InChI=1S/C31H31F2N5O5/c1-8-42-29(40)18-12-11-17-10-9-16(15-38(17)28(18)39)19-14-34-27-23(26(19)36(5)6)22-24(33)20(32)13-21(25(22)35-27)37(7)30(41)43-31(2,3)4/h9-15H,8H2,1-7H3,(H,34,35). The summed E-state index contributed by atoms with van der Waals surface area (Å²) in [5, 5.41) is 0.182. The Bertz CT molecular complexity index is 1990. The maximum Gasteiger partial charge on any atom is 0.414 e. The van der Waals surface area contributed by atoms with Gasteiger partial charge in [0, 0.05) is 56.2 Å². The van der Waals surface area contributed by atoms with Crippen LogP contribution in [-0.4, -0.2) is 59.8 Å². The number of fused-ring (bicyclic) bond motifs is 4. The van der Waals surface area contributed by atoms with Crippen LogP contribution in [0.5, 0.6) is 0 Å². The van der Waals surface area contributed by atoms with Crippen molar-refractivity contribution in [2.75, 3.05) is 37.5 Å². The van der Waals surface area contributed by atoms with Gasteiger partial charge in [0.25, 0.3) is 5.56 Å². The third kappa shape index (κ3) is 5.13. The van der Waals surface area contributed by atoms with Gasteiger partial charge in [0.15, 0.2) is 11.6 Å². The normalized spacial score (nSPS) is 11.7. The number of carbonyl (C=O) groups is 2. The van der Waals surface area contributed by atoms with Crippen molar-refractivity contribution >= 4 is 50.9 Å². The van der Waals surface area contributed by atoms with Crippen LogP contribution in [0.25, 0.3) is 38.6 Å². The molecule has 0 aliphatic heterocycles. The maximum atomic E-state index is 15.6. The van der Waals surface area contributed by atoms with E-state index < -0.39 is 34.9 Å². The van der Waals surface area contributed by atoms with Crippen molar-refractivity contribution in [1.82, 2.24) is 14.4 Å². The van der Waals surface area contributed by atoms with Gasteiger partial charge in [0.05, 0.1) is 34.3 Å². The first-order valence-corrected chi connectivity index (χ1v) is 13.5. The minimum absolute atomic E-state index is 0.0659. The van der Waals surface area contributed by atoms with Crippen LogP contribution in [0.1, 0.15) is 38.1 Å². The minimum Gasteiger partial charge on any atom is -0.462 e. The minimum atomic E-state index is -1.15. The Balaban J connectivity index is 1.77. The number of benzene rings is 1. The first kappa shape index (κ1) is 29.5. The molecule has 4 aromatic heterocycles. The van der Waals surface area contributed by atoms with Gasteiger partial charge in [-0.05, 0) is 45.9 Å². The molecule has 1 amide bonds. The van der Waals surface area contributed by atoms with Crippen LogP contribution in [0.3, 0.4) is 0 Å². The van der Waals surface area contributed by atoms with E-state index in [1.54, 1.807) is 77.3 Å². The van der Waals surface area contributed by atoms with Crippen LogP contribution in [-0.2, 0) is 9.47 Å². The van der Waals surface area contributed by atoms with Gasteiger partial charge in [-0.1, -0.05) is 6.07 Å². The number of aromatic nitrogens is 3. The molecule has 0 radical (unpaired) electrons. The number of H-pyrrole nitrogens is 1. The Morgan fingerprint density at radius 3 is 2.42 bits per heavy atom. The van der Waals surface area contributed by atoms with E-state index in [2.05, 4.69) is 9.97 Å². The highest BCUT2D eigenvalue weighted by atomic mass is 19.2. The van der Waals surface area contributed by atoms with Gasteiger partial charge in [-0.2, -0.15) is 0 Å². The summed E-state index contributed by atoms with van der Waals surface area (Å²) in [7, 11) is 4.90. The predicted molar refractivity (Wildman–Crippen MR) is 161 cm³/mol. The van der Waals surface area contributed by atoms with E-state index in [0.717, 1.165) is 11.0 Å². The SMILES string of the molecule is CCOC(=O)c1ccc2ccc(-c3cnc4[nH]c5c(N(C)C(=O)OC(C)(C)C)cc(F)c(F)c5c4c3N(C)C)cn2c1=O. The Morgan fingerprint density at radius 1 is 1.07 bits per heavy atom. The Labute approximate surface area is 245 Å². The van der Waals surface area contributed by atoms with Crippen molar-refractivity contribution in [3.05, 3.63) is 70.3 Å². The van der Waals surface area contributed by atoms with Crippen LogP contribution in [0, 0.1) is 11.6 Å². The molecule has 0 unspecified atom stereocenters. The number of rotatable bonds is 5. The lowest BCUT2D eigenvalue weighted by Crippen LogP contribution is -2.34. The van der Waals surface area contributed by atoms with Crippen LogP contribution in [0.4, 0.5) is 25.0 Å². The highest BCUT2D eigenvalue weighted by molar-refractivity contribution is 6.19. The first-order valence-electron chi connectivity index (χ1n) is 13.5. The maximum absolute atomic E-state index is 15.6. The lowest BCUT2D eigenvalue weighted by Gasteiger charge is -2.25. The molecule has 0 spiro atoms. The Kier molecular flexibility index (Phi) is 7.33. The van der Waals surface area contributed by atoms with Gasteiger partial charge in [-0.25, -0.2) is 23.4 Å². The summed E-state index contributed by atoms with van der Waals surface area (Å²) in [4.78, 5) is 48.8. The van der Waals surface area contributed by atoms with Crippen molar-refractivity contribution in [2.45, 2.75) is 33.3 Å². The summed E-state index contributed by atoms with van der Waals surface area (Å²) in [6, 6.07) is 7.46. The number of hydrogen-bond acceptors (Lipinski definition) is 7. The van der Waals surface area contributed by atoms with E-state index in [4.69, 9.17) is 9.47 Å². The second-order valence-corrected chi connectivity index (χ2v) is 11.2. The number of halogens is 2. The molecular weight excluding hydrogens is 560 g/mol. The number of esters is 1. The molecule has 43 heavy (non-hydrogen) atoms.